The monoisotopic (exact) mass is 276 g/mol. The van der Waals surface area contributed by atoms with Crippen molar-refractivity contribution in [3.63, 3.8) is 0 Å². The Morgan fingerprint density at radius 2 is 1.45 bits per heavy atom. The first kappa shape index (κ1) is 11.6. The molecule has 0 amide bonds. The Kier molecular flexibility index (Phi) is 4.88. The van der Waals surface area contributed by atoms with Crippen LogP contribution in [-0.4, -0.2) is 0 Å². The smallest absolute Gasteiger partial charge is 0.235 e. The van der Waals surface area contributed by atoms with Crippen LogP contribution in [0.4, 0.5) is 8.78 Å². The Morgan fingerprint density at radius 3 is 1.73 bits per heavy atom. The van der Waals surface area contributed by atoms with Crippen molar-refractivity contribution in [2.24, 2.45) is 0 Å². The predicted molar refractivity (Wildman–Crippen MR) is 40.6 cm³/mol. The van der Waals surface area contributed by atoms with Crippen LogP contribution in [0.15, 0.2) is 15.0 Å². The van der Waals surface area contributed by atoms with Crippen molar-refractivity contribution in [2.45, 2.75) is 0 Å². The largest absolute Gasteiger partial charge is 1.00 e. The molecule has 0 saturated carbocycles. The fraction of sp³-hybridized carbons (Fsp3) is 0. The molecule has 0 heterocycles. The molecule has 0 unspecified atom stereocenters. The zero-order valence-corrected chi connectivity index (χ0v) is 8.76. The molecular formula is C6HBr2F2Li. The van der Waals surface area contributed by atoms with Crippen LogP contribution in [-0.2, 0) is 0 Å². The van der Waals surface area contributed by atoms with Gasteiger partial charge in [-0.05, 0) is 0 Å². The summed E-state index contributed by atoms with van der Waals surface area (Å²) in [6.07, 6.45) is 0. The van der Waals surface area contributed by atoms with Crippen molar-refractivity contribution in [1.82, 2.24) is 0 Å². The second-order valence-electron chi connectivity index (χ2n) is 1.59. The SMILES string of the molecule is Fc1[c-]c(F)c(Br)cc1Br.[Li+]. The maximum absolute atomic E-state index is 12.4. The molecule has 0 aromatic heterocycles. The minimum absolute atomic E-state index is 0. The van der Waals surface area contributed by atoms with Crippen molar-refractivity contribution in [3.8, 4) is 0 Å². The van der Waals surface area contributed by atoms with Gasteiger partial charge in [0, 0.05) is 11.6 Å². The summed E-state index contributed by atoms with van der Waals surface area (Å²) in [5, 5.41) is 0. The first-order valence-electron chi connectivity index (χ1n) is 2.33. The minimum Gasteiger partial charge on any atom is -0.235 e. The van der Waals surface area contributed by atoms with E-state index in [1.165, 1.54) is 6.07 Å². The van der Waals surface area contributed by atoms with Gasteiger partial charge in [0.25, 0.3) is 0 Å². The molecule has 54 valence electrons. The van der Waals surface area contributed by atoms with Gasteiger partial charge in [-0.25, -0.2) is 8.78 Å². The van der Waals surface area contributed by atoms with Crippen LogP contribution < -0.4 is 18.9 Å². The molecule has 0 aliphatic carbocycles. The van der Waals surface area contributed by atoms with Crippen molar-refractivity contribution in [1.29, 1.82) is 0 Å². The summed E-state index contributed by atoms with van der Waals surface area (Å²) in [5.74, 6) is -1.44. The zero-order valence-electron chi connectivity index (χ0n) is 5.59. The van der Waals surface area contributed by atoms with Gasteiger partial charge >= 0.3 is 18.9 Å². The van der Waals surface area contributed by atoms with Gasteiger partial charge in [0.05, 0.1) is 0 Å². The molecule has 5 heteroatoms. The van der Waals surface area contributed by atoms with Gasteiger partial charge in [-0.3, -0.25) is 0 Å². The van der Waals surface area contributed by atoms with Crippen LogP contribution in [0.25, 0.3) is 0 Å². The average molecular weight is 278 g/mol. The standard InChI is InChI=1S/C6HBr2F2.Li/c7-3-1-4(8)6(10)2-5(3)9;/h1H;/q-1;+1. The van der Waals surface area contributed by atoms with Crippen molar-refractivity contribution < 1.29 is 27.6 Å². The molecule has 0 radical (unpaired) electrons. The van der Waals surface area contributed by atoms with Crippen LogP contribution in [0, 0.1) is 17.7 Å². The van der Waals surface area contributed by atoms with E-state index in [1.807, 2.05) is 6.07 Å². The summed E-state index contributed by atoms with van der Waals surface area (Å²) in [6, 6.07) is 3.17. The summed E-state index contributed by atoms with van der Waals surface area (Å²) in [6.45, 7) is 0. The number of rotatable bonds is 0. The Bertz CT molecular complexity index is 215. The second-order valence-corrected chi connectivity index (χ2v) is 3.30. The molecule has 0 atom stereocenters. The molecule has 0 nitrogen and oxygen atoms in total. The first-order chi connectivity index (χ1) is 4.61. The zero-order chi connectivity index (χ0) is 7.72. The minimum atomic E-state index is -0.722. The molecule has 1 aromatic carbocycles. The summed E-state index contributed by atoms with van der Waals surface area (Å²) in [4.78, 5) is 0. The number of hydrogen-bond donors (Lipinski definition) is 0. The molecule has 1 rings (SSSR count). The third-order valence-electron chi connectivity index (χ3n) is 0.892. The molecule has 0 saturated heterocycles. The second kappa shape index (κ2) is 4.61. The number of benzene rings is 1. The van der Waals surface area contributed by atoms with E-state index < -0.39 is 11.6 Å². The topological polar surface area (TPSA) is 0 Å². The van der Waals surface area contributed by atoms with Crippen LogP contribution in [0.2, 0.25) is 0 Å². The summed E-state index contributed by atoms with van der Waals surface area (Å²) >= 11 is 5.75. The van der Waals surface area contributed by atoms with E-state index in [0.717, 1.165) is 0 Å². The fourth-order valence-corrected chi connectivity index (χ4v) is 1.42. The quantitative estimate of drug-likeness (QED) is 0.363. The summed E-state index contributed by atoms with van der Waals surface area (Å²) in [7, 11) is 0. The Hall–Kier alpha value is 0.637. The van der Waals surface area contributed by atoms with Gasteiger partial charge in [0.15, 0.2) is 0 Å². The van der Waals surface area contributed by atoms with Crippen molar-refractivity contribution in [3.05, 3.63) is 32.7 Å². The first-order valence-corrected chi connectivity index (χ1v) is 3.92. The van der Waals surface area contributed by atoms with E-state index in [4.69, 9.17) is 0 Å². The van der Waals surface area contributed by atoms with E-state index in [0.29, 0.717) is 0 Å². The van der Waals surface area contributed by atoms with Crippen LogP contribution >= 0.6 is 31.9 Å². The molecule has 0 aliphatic heterocycles. The molecule has 0 fully saturated rings. The maximum atomic E-state index is 12.4. The fourth-order valence-electron chi connectivity index (χ4n) is 0.454. The summed E-state index contributed by atoms with van der Waals surface area (Å²) < 4.78 is 25.2. The normalized spacial score (nSPS) is 9.09. The van der Waals surface area contributed by atoms with E-state index >= 15 is 0 Å². The van der Waals surface area contributed by atoms with E-state index in [1.54, 1.807) is 0 Å². The number of halogens is 4. The van der Waals surface area contributed by atoms with Crippen LogP contribution in [0.3, 0.4) is 0 Å². The van der Waals surface area contributed by atoms with Gasteiger partial charge < -0.3 is 0 Å². The molecule has 0 bridgehead atoms. The molecule has 11 heavy (non-hydrogen) atoms. The molecule has 0 spiro atoms. The van der Waals surface area contributed by atoms with Gasteiger partial charge in [-0.2, -0.15) is 0 Å². The average Bonchev–Trinajstić information content (AvgIpc) is 1.84. The third kappa shape index (κ3) is 2.87. The molecule has 0 aliphatic rings. The summed E-state index contributed by atoms with van der Waals surface area (Å²) in [5.41, 5.74) is 0. The van der Waals surface area contributed by atoms with Crippen LogP contribution in [0.5, 0.6) is 0 Å². The Morgan fingerprint density at radius 1 is 1.09 bits per heavy atom. The van der Waals surface area contributed by atoms with E-state index in [2.05, 4.69) is 31.9 Å². The Labute approximate surface area is 91.8 Å². The van der Waals surface area contributed by atoms with E-state index in [-0.39, 0.29) is 27.8 Å². The van der Waals surface area contributed by atoms with Crippen molar-refractivity contribution >= 4 is 31.9 Å². The molecular weight excluding hydrogens is 277 g/mol. The number of hydrogen-bond acceptors (Lipinski definition) is 0. The van der Waals surface area contributed by atoms with Crippen molar-refractivity contribution in [2.75, 3.05) is 0 Å². The van der Waals surface area contributed by atoms with E-state index in [9.17, 15) is 8.78 Å². The Balaban J connectivity index is 0.000001000. The van der Waals surface area contributed by atoms with Gasteiger partial charge in [-0.1, -0.05) is 8.95 Å². The van der Waals surface area contributed by atoms with Gasteiger partial charge in [0.1, 0.15) is 0 Å². The van der Waals surface area contributed by atoms with Gasteiger partial charge in [-0.15, -0.1) is 44.0 Å². The van der Waals surface area contributed by atoms with Gasteiger partial charge in [0.2, 0.25) is 0 Å². The van der Waals surface area contributed by atoms with Crippen LogP contribution in [0.1, 0.15) is 0 Å². The predicted octanol–water partition coefficient (Wildman–Crippen LogP) is 0.294. The molecule has 0 N–H and O–H groups in total. The molecule has 1 aromatic rings. The maximum Gasteiger partial charge on any atom is 1.00 e. The third-order valence-corrected chi connectivity index (χ3v) is 2.05.